The molecule has 0 amide bonds. The third-order valence-corrected chi connectivity index (χ3v) is 3.69. The van der Waals surface area contributed by atoms with Crippen LogP contribution >= 0.6 is 15.9 Å². The van der Waals surface area contributed by atoms with E-state index >= 15 is 0 Å². The SMILES string of the molecule is [CH2]c1c(-c2cccc(CBr)c2)oc2ccccc12. The minimum absolute atomic E-state index is 0.841. The minimum atomic E-state index is 0.841. The molecule has 0 atom stereocenters. The maximum absolute atomic E-state index is 5.91. The Morgan fingerprint density at radius 2 is 1.89 bits per heavy atom. The zero-order valence-corrected chi connectivity index (χ0v) is 11.4. The van der Waals surface area contributed by atoms with Gasteiger partial charge in [0.05, 0.1) is 0 Å². The van der Waals surface area contributed by atoms with E-state index in [0.717, 1.165) is 33.2 Å². The van der Waals surface area contributed by atoms with Gasteiger partial charge in [-0.05, 0) is 24.6 Å². The molecule has 0 saturated carbocycles. The van der Waals surface area contributed by atoms with Crippen LogP contribution in [-0.4, -0.2) is 0 Å². The van der Waals surface area contributed by atoms with Crippen LogP contribution in [0.3, 0.4) is 0 Å². The molecule has 1 heterocycles. The summed E-state index contributed by atoms with van der Waals surface area (Å²) in [6, 6.07) is 16.3. The minimum Gasteiger partial charge on any atom is -0.456 e. The number of hydrogen-bond acceptors (Lipinski definition) is 1. The molecule has 3 rings (SSSR count). The Bertz CT molecular complexity index is 697. The van der Waals surface area contributed by atoms with Crippen LogP contribution in [0, 0.1) is 6.92 Å². The largest absolute Gasteiger partial charge is 0.456 e. The first kappa shape index (κ1) is 11.5. The maximum Gasteiger partial charge on any atom is 0.138 e. The second-order valence-electron chi connectivity index (χ2n) is 4.24. The molecule has 0 saturated heterocycles. The topological polar surface area (TPSA) is 13.1 Å². The van der Waals surface area contributed by atoms with Crippen LogP contribution in [0.4, 0.5) is 0 Å². The zero-order chi connectivity index (χ0) is 12.5. The van der Waals surface area contributed by atoms with E-state index in [2.05, 4.69) is 41.1 Å². The molecule has 0 unspecified atom stereocenters. The summed E-state index contributed by atoms with van der Waals surface area (Å²) in [4.78, 5) is 0. The Morgan fingerprint density at radius 3 is 2.67 bits per heavy atom. The monoisotopic (exact) mass is 299 g/mol. The molecule has 18 heavy (non-hydrogen) atoms. The number of hydrogen-bond donors (Lipinski definition) is 0. The fourth-order valence-electron chi connectivity index (χ4n) is 2.13. The summed E-state index contributed by atoms with van der Waals surface area (Å²) in [5, 5.41) is 1.92. The highest BCUT2D eigenvalue weighted by atomic mass is 79.9. The Hall–Kier alpha value is -1.54. The fraction of sp³-hybridized carbons (Fsp3) is 0.0625. The van der Waals surface area contributed by atoms with Gasteiger partial charge < -0.3 is 4.42 Å². The highest BCUT2D eigenvalue weighted by Gasteiger charge is 2.11. The van der Waals surface area contributed by atoms with Gasteiger partial charge in [0.15, 0.2) is 0 Å². The van der Waals surface area contributed by atoms with Crippen molar-refractivity contribution in [1.29, 1.82) is 0 Å². The van der Waals surface area contributed by atoms with E-state index in [1.54, 1.807) is 0 Å². The first-order chi connectivity index (χ1) is 8.79. The normalized spacial score (nSPS) is 11.0. The average molecular weight is 300 g/mol. The molecule has 1 nitrogen and oxygen atoms in total. The molecule has 0 fully saturated rings. The van der Waals surface area contributed by atoms with Gasteiger partial charge in [-0.3, -0.25) is 0 Å². The predicted molar refractivity (Wildman–Crippen MR) is 78.7 cm³/mol. The van der Waals surface area contributed by atoms with Gasteiger partial charge in [0.1, 0.15) is 11.3 Å². The van der Waals surface area contributed by atoms with Crippen molar-refractivity contribution in [2.45, 2.75) is 5.33 Å². The van der Waals surface area contributed by atoms with Gasteiger partial charge >= 0.3 is 0 Å². The molecule has 0 aliphatic rings. The maximum atomic E-state index is 5.91. The average Bonchev–Trinajstić information content (AvgIpc) is 2.77. The van der Waals surface area contributed by atoms with E-state index < -0.39 is 0 Å². The lowest BCUT2D eigenvalue weighted by molar-refractivity contribution is 0.630. The van der Waals surface area contributed by atoms with Gasteiger partial charge in [-0.15, -0.1) is 0 Å². The van der Waals surface area contributed by atoms with Crippen molar-refractivity contribution in [1.82, 2.24) is 0 Å². The summed E-state index contributed by atoms with van der Waals surface area (Å²) >= 11 is 3.47. The molecule has 0 aliphatic heterocycles. The Balaban J connectivity index is 2.21. The number of para-hydroxylation sites is 1. The highest BCUT2D eigenvalue weighted by Crippen LogP contribution is 2.33. The summed E-state index contributed by atoms with van der Waals surface area (Å²) in [7, 11) is 0. The first-order valence-electron chi connectivity index (χ1n) is 5.78. The van der Waals surface area contributed by atoms with Crippen LogP contribution in [0.25, 0.3) is 22.3 Å². The molecule has 0 bridgehead atoms. The number of fused-ring (bicyclic) bond motifs is 1. The molecule has 0 spiro atoms. The number of halogens is 1. The van der Waals surface area contributed by atoms with E-state index in [9.17, 15) is 0 Å². The van der Waals surface area contributed by atoms with Crippen molar-refractivity contribution in [3.05, 3.63) is 66.6 Å². The molecule has 89 valence electrons. The predicted octanol–water partition coefficient (Wildman–Crippen LogP) is 5.18. The molecule has 1 aromatic heterocycles. The molecular weight excluding hydrogens is 288 g/mol. The van der Waals surface area contributed by atoms with E-state index in [4.69, 9.17) is 4.42 Å². The van der Waals surface area contributed by atoms with Gasteiger partial charge in [0, 0.05) is 21.8 Å². The van der Waals surface area contributed by atoms with Crippen LogP contribution in [0.15, 0.2) is 52.9 Å². The van der Waals surface area contributed by atoms with Crippen molar-refractivity contribution in [3.63, 3.8) is 0 Å². The fourth-order valence-corrected chi connectivity index (χ4v) is 2.48. The van der Waals surface area contributed by atoms with Gasteiger partial charge in [-0.25, -0.2) is 0 Å². The smallest absolute Gasteiger partial charge is 0.138 e. The summed E-state index contributed by atoms with van der Waals surface area (Å²) in [5.41, 5.74) is 4.15. The quantitative estimate of drug-likeness (QED) is 0.595. The van der Waals surface area contributed by atoms with E-state index in [1.165, 1.54) is 5.56 Å². The first-order valence-corrected chi connectivity index (χ1v) is 6.90. The van der Waals surface area contributed by atoms with E-state index in [1.807, 2.05) is 30.3 Å². The number of rotatable bonds is 2. The van der Waals surface area contributed by atoms with Crippen LogP contribution in [0.2, 0.25) is 0 Å². The van der Waals surface area contributed by atoms with Crippen molar-refractivity contribution < 1.29 is 4.42 Å². The number of alkyl halides is 1. The van der Waals surface area contributed by atoms with Gasteiger partial charge in [0.2, 0.25) is 0 Å². The van der Waals surface area contributed by atoms with Crippen LogP contribution in [0.5, 0.6) is 0 Å². The van der Waals surface area contributed by atoms with Crippen molar-refractivity contribution in [2.24, 2.45) is 0 Å². The van der Waals surface area contributed by atoms with Gasteiger partial charge in [0.25, 0.3) is 0 Å². The third-order valence-electron chi connectivity index (χ3n) is 3.04. The Labute approximate surface area is 115 Å². The van der Waals surface area contributed by atoms with Crippen molar-refractivity contribution >= 4 is 26.9 Å². The van der Waals surface area contributed by atoms with Gasteiger partial charge in [-0.2, -0.15) is 0 Å². The lowest BCUT2D eigenvalue weighted by atomic mass is 10.1. The molecule has 2 heteroatoms. The Morgan fingerprint density at radius 1 is 1.06 bits per heavy atom. The molecular formula is C16H12BrO. The Kier molecular flexibility index (Phi) is 2.96. The van der Waals surface area contributed by atoms with E-state index in [-0.39, 0.29) is 0 Å². The van der Waals surface area contributed by atoms with Crippen molar-refractivity contribution in [2.75, 3.05) is 0 Å². The summed E-state index contributed by atoms with van der Waals surface area (Å²) < 4.78 is 5.91. The summed E-state index contributed by atoms with van der Waals surface area (Å²) in [5.74, 6) is 0.860. The summed E-state index contributed by atoms with van der Waals surface area (Å²) in [6.07, 6.45) is 0. The number of furan rings is 1. The van der Waals surface area contributed by atoms with Crippen LogP contribution in [-0.2, 0) is 5.33 Å². The van der Waals surface area contributed by atoms with Crippen molar-refractivity contribution in [3.8, 4) is 11.3 Å². The van der Waals surface area contributed by atoms with Crippen LogP contribution in [0.1, 0.15) is 11.1 Å². The molecule has 1 radical (unpaired) electrons. The molecule has 0 N–H and O–H groups in total. The highest BCUT2D eigenvalue weighted by molar-refractivity contribution is 9.08. The van der Waals surface area contributed by atoms with Crippen LogP contribution < -0.4 is 0 Å². The lowest BCUT2D eigenvalue weighted by Gasteiger charge is -2.01. The third kappa shape index (κ3) is 1.87. The van der Waals surface area contributed by atoms with E-state index in [0.29, 0.717) is 0 Å². The molecule has 3 aromatic rings. The second-order valence-corrected chi connectivity index (χ2v) is 4.80. The standard InChI is InChI=1S/C16H12BrO/c1-11-14-7-2-3-8-15(14)18-16(11)13-6-4-5-12(9-13)10-17/h2-9H,1,10H2. The number of benzene rings is 2. The molecule has 2 aromatic carbocycles. The lowest BCUT2D eigenvalue weighted by Crippen LogP contribution is -1.81. The zero-order valence-electron chi connectivity index (χ0n) is 9.82. The second kappa shape index (κ2) is 4.62. The van der Waals surface area contributed by atoms with Gasteiger partial charge in [-0.1, -0.05) is 52.3 Å². The molecule has 0 aliphatic carbocycles. The summed E-state index contributed by atoms with van der Waals surface area (Å²) in [6.45, 7) is 4.14.